The maximum Gasteiger partial charge on any atom is 0.362 e. The molecule has 0 rings (SSSR count). The van der Waals surface area contributed by atoms with Gasteiger partial charge in [0.15, 0.2) is 12.1 Å². The van der Waals surface area contributed by atoms with Gasteiger partial charge in [0, 0.05) is 19.3 Å². The monoisotopic (exact) mass is 841 g/mol. The smallest absolute Gasteiger partial charge is 0.362 e. The van der Waals surface area contributed by atoms with E-state index in [4.69, 9.17) is 14.2 Å². The van der Waals surface area contributed by atoms with Crippen LogP contribution in [0.15, 0.2) is 72.9 Å². The third-order valence-corrected chi connectivity index (χ3v) is 10.5. The van der Waals surface area contributed by atoms with E-state index in [0.29, 0.717) is 19.3 Å². The molecule has 0 heterocycles. The number of allylic oxidation sites excluding steroid dienone is 12. The lowest BCUT2D eigenvalue weighted by Gasteiger charge is -2.31. The second-order valence-electron chi connectivity index (χ2n) is 17.1. The van der Waals surface area contributed by atoms with Gasteiger partial charge >= 0.3 is 17.9 Å². The fourth-order valence-electron chi connectivity index (χ4n) is 6.68. The van der Waals surface area contributed by atoms with Crippen LogP contribution in [-0.4, -0.2) is 80.6 Å². The Hall–Kier alpha value is -3.23. The highest BCUT2D eigenvalue weighted by Crippen LogP contribution is 2.13. The number of likely N-dealkylation sites (N-methyl/N-ethyl adjacent to an activating group) is 1. The SMILES string of the molecule is CCCCCCC/C=C/C=C/C=C/CCCCCCCC(=O)OCC(COCCC(C(=O)O)[N+](C)(C)C)OC(=O)CCCCCCC/C=C/C=C/C=C/CCCCCCC. The van der Waals surface area contributed by atoms with E-state index in [2.05, 4.69) is 86.8 Å². The van der Waals surface area contributed by atoms with Crippen LogP contribution in [0.3, 0.4) is 0 Å². The maximum atomic E-state index is 12.8. The predicted octanol–water partition coefficient (Wildman–Crippen LogP) is 13.5. The number of unbranched alkanes of at least 4 members (excludes halogenated alkanes) is 20. The summed E-state index contributed by atoms with van der Waals surface area (Å²) in [5.41, 5.74) is 0. The van der Waals surface area contributed by atoms with Gasteiger partial charge in [-0.3, -0.25) is 9.59 Å². The molecule has 0 fully saturated rings. The zero-order valence-electron chi connectivity index (χ0n) is 39.1. The molecule has 0 aromatic heterocycles. The summed E-state index contributed by atoms with van der Waals surface area (Å²) in [7, 11) is 5.51. The van der Waals surface area contributed by atoms with Crippen molar-refractivity contribution in [3.8, 4) is 0 Å². The molecule has 0 aliphatic heterocycles. The van der Waals surface area contributed by atoms with Crippen LogP contribution in [-0.2, 0) is 28.6 Å². The van der Waals surface area contributed by atoms with Crippen LogP contribution >= 0.6 is 0 Å². The van der Waals surface area contributed by atoms with Gasteiger partial charge in [0.1, 0.15) is 6.61 Å². The van der Waals surface area contributed by atoms with Gasteiger partial charge < -0.3 is 23.8 Å². The minimum Gasteiger partial charge on any atom is -0.477 e. The molecule has 2 atom stereocenters. The quantitative estimate of drug-likeness (QED) is 0.0283. The van der Waals surface area contributed by atoms with E-state index in [1.165, 1.54) is 64.2 Å². The van der Waals surface area contributed by atoms with Gasteiger partial charge in [0.05, 0.1) is 34.4 Å². The molecular formula is C52H90NO7+. The molecule has 0 aliphatic carbocycles. The van der Waals surface area contributed by atoms with E-state index >= 15 is 0 Å². The Morgan fingerprint density at radius 3 is 1.28 bits per heavy atom. The Morgan fingerprint density at radius 1 is 0.500 bits per heavy atom. The first-order valence-electron chi connectivity index (χ1n) is 24.0. The number of nitrogens with zero attached hydrogens (tertiary/aromatic N) is 1. The first kappa shape index (κ1) is 56.8. The zero-order valence-corrected chi connectivity index (χ0v) is 39.1. The fraction of sp³-hybridized carbons (Fsp3) is 0.712. The number of hydrogen-bond donors (Lipinski definition) is 1. The van der Waals surface area contributed by atoms with Crippen molar-refractivity contribution in [1.82, 2.24) is 0 Å². The molecule has 0 radical (unpaired) electrons. The highest BCUT2D eigenvalue weighted by atomic mass is 16.6. The Labute approximate surface area is 368 Å². The summed E-state index contributed by atoms with van der Waals surface area (Å²) in [5, 5.41) is 9.64. The lowest BCUT2D eigenvalue weighted by atomic mass is 10.1. The molecule has 0 spiro atoms. The van der Waals surface area contributed by atoms with Crippen molar-refractivity contribution in [2.24, 2.45) is 0 Å². The highest BCUT2D eigenvalue weighted by molar-refractivity contribution is 5.72. The van der Waals surface area contributed by atoms with Gasteiger partial charge in [-0.1, -0.05) is 177 Å². The Kier molecular flexibility index (Phi) is 40.2. The number of rotatable bonds is 42. The third kappa shape index (κ3) is 40.2. The molecule has 1 N–H and O–H groups in total. The van der Waals surface area contributed by atoms with Crippen molar-refractivity contribution in [2.75, 3.05) is 41.0 Å². The Balaban J connectivity index is 4.41. The fourth-order valence-corrected chi connectivity index (χ4v) is 6.68. The van der Waals surface area contributed by atoms with Crippen LogP contribution in [0.5, 0.6) is 0 Å². The Bertz CT molecular complexity index is 1210. The van der Waals surface area contributed by atoms with E-state index in [-0.39, 0.29) is 36.2 Å². The second-order valence-corrected chi connectivity index (χ2v) is 17.1. The van der Waals surface area contributed by atoms with Gasteiger partial charge in [-0.2, -0.15) is 0 Å². The number of carbonyl (C=O) groups excluding carboxylic acids is 2. The van der Waals surface area contributed by atoms with E-state index in [0.717, 1.165) is 89.9 Å². The molecule has 8 heteroatoms. The average molecular weight is 841 g/mol. The van der Waals surface area contributed by atoms with E-state index < -0.39 is 18.1 Å². The van der Waals surface area contributed by atoms with Crippen LogP contribution < -0.4 is 0 Å². The lowest BCUT2D eigenvalue weighted by molar-refractivity contribution is -0.887. The van der Waals surface area contributed by atoms with Crippen LogP contribution in [0, 0.1) is 0 Å². The molecule has 0 bridgehead atoms. The van der Waals surface area contributed by atoms with Crippen LogP contribution in [0.4, 0.5) is 0 Å². The first-order valence-corrected chi connectivity index (χ1v) is 24.0. The van der Waals surface area contributed by atoms with Crippen molar-refractivity contribution in [3.05, 3.63) is 72.9 Å². The standard InChI is InChI=1S/C52H89NO7/c1-6-8-10-12-14-16-18-20-22-24-26-28-30-32-34-36-38-40-42-50(54)59-47-48(46-58-45-44-49(52(56)57)53(3,4)5)60-51(55)43-41-39-37-35-33-31-29-27-25-23-21-19-17-15-13-11-9-7-2/h18-29,48-49H,6-17,30-47H2,1-5H3/p+1/b20-18+,21-19+,24-22+,25-23+,28-26+,29-27+. The van der Waals surface area contributed by atoms with Gasteiger partial charge in [-0.15, -0.1) is 0 Å². The minimum atomic E-state index is -0.884. The van der Waals surface area contributed by atoms with Crippen LogP contribution in [0.2, 0.25) is 0 Å². The van der Waals surface area contributed by atoms with E-state index in [1.54, 1.807) is 0 Å². The summed E-state index contributed by atoms with van der Waals surface area (Å²) in [6, 6.07) is -0.626. The maximum absolute atomic E-state index is 12.8. The van der Waals surface area contributed by atoms with Crippen molar-refractivity contribution >= 4 is 17.9 Å². The molecule has 0 aromatic carbocycles. The van der Waals surface area contributed by atoms with E-state index in [9.17, 15) is 19.5 Å². The lowest BCUT2D eigenvalue weighted by Crippen LogP contribution is -2.50. The van der Waals surface area contributed by atoms with Gasteiger partial charge in [-0.05, 0) is 64.2 Å². The molecule has 8 nitrogen and oxygen atoms in total. The summed E-state index contributed by atoms with van der Waals surface area (Å²) < 4.78 is 17.3. The molecule has 0 saturated heterocycles. The first-order chi connectivity index (χ1) is 29.1. The number of aliphatic carboxylic acids is 1. The number of ether oxygens (including phenoxy) is 3. The van der Waals surface area contributed by atoms with Gasteiger partial charge in [-0.25, -0.2) is 4.79 Å². The minimum absolute atomic E-state index is 0.0424. The summed E-state index contributed by atoms with van der Waals surface area (Å²) in [4.78, 5) is 37.1. The molecule has 0 aliphatic rings. The number of carbonyl (C=O) groups is 3. The third-order valence-electron chi connectivity index (χ3n) is 10.5. The van der Waals surface area contributed by atoms with Crippen molar-refractivity contribution in [3.63, 3.8) is 0 Å². The normalized spacial score (nSPS) is 13.6. The highest BCUT2D eigenvalue weighted by Gasteiger charge is 2.31. The van der Waals surface area contributed by atoms with Crippen LogP contribution in [0.25, 0.3) is 0 Å². The second kappa shape index (κ2) is 42.5. The summed E-state index contributed by atoms with van der Waals surface area (Å²) in [6.45, 7) is 4.66. The number of carboxylic acids is 1. The van der Waals surface area contributed by atoms with E-state index in [1.807, 2.05) is 21.1 Å². The number of esters is 2. The molecule has 60 heavy (non-hydrogen) atoms. The van der Waals surface area contributed by atoms with Crippen molar-refractivity contribution in [1.29, 1.82) is 0 Å². The summed E-state index contributed by atoms with van der Waals surface area (Å²) >= 11 is 0. The molecular weight excluding hydrogens is 751 g/mol. The number of quaternary nitrogens is 1. The topological polar surface area (TPSA) is 99.1 Å². The number of carboxylic acid groups (broad SMARTS) is 1. The largest absolute Gasteiger partial charge is 0.477 e. The molecule has 0 amide bonds. The molecule has 0 aromatic rings. The van der Waals surface area contributed by atoms with Gasteiger partial charge in [0.2, 0.25) is 0 Å². The predicted molar refractivity (Wildman–Crippen MR) is 252 cm³/mol. The average Bonchev–Trinajstić information content (AvgIpc) is 3.21. The van der Waals surface area contributed by atoms with Gasteiger partial charge in [0.25, 0.3) is 0 Å². The molecule has 344 valence electrons. The molecule has 0 saturated carbocycles. The Morgan fingerprint density at radius 2 is 0.883 bits per heavy atom. The zero-order chi connectivity index (χ0) is 44.2. The summed E-state index contributed by atoms with van der Waals surface area (Å²) in [5.74, 6) is -1.52. The van der Waals surface area contributed by atoms with Crippen molar-refractivity contribution in [2.45, 2.75) is 199 Å². The van der Waals surface area contributed by atoms with Crippen LogP contribution in [0.1, 0.15) is 187 Å². The summed E-state index contributed by atoms with van der Waals surface area (Å²) in [6.07, 6.45) is 53.7. The number of hydrogen-bond acceptors (Lipinski definition) is 6. The molecule has 2 unspecified atom stereocenters. The van der Waals surface area contributed by atoms with Crippen molar-refractivity contribution < 1.29 is 38.2 Å².